The number of non-ortho nitro benzene ring substituents is 1. The number of hydrogen-bond donors (Lipinski definition) is 1. The van der Waals surface area contributed by atoms with Crippen molar-refractivity contribution in [3.8, 4) is 0 Å². The minimum absolute atomic E-state index is 0.0362. The van der Waals surface area contributed by atoms with Crippen LogP contribution >= 0.6 is 27.3 Å². The Morgan fingerprint density at radius 3 is 2.89 bits per heavy atom. The van der Waals surface area contributed by atoms with Crippen LogP contribution in [0.25, 0.3) is 0 Å². The van der Waals surface area contributed by atoms with E-state index in [-0.39, 0.29) is 5.69 Å². The van der Waals surface area contributed by atoms with Gasteiger partial charge in [0.1, 0.15) is 0 Å². The Kier molecular flexibility index (Phi) is 4.06. The third-order valence-electron chi connectivity index (χ3n) is 2.04. The average Bonchev–Trinajstić information content (AvgIpc) is 2.75. The van der Waals surface area contributed by atoms with Crippen LogP contribution in [0.3, 0.4) is 0 Å². The Labute approximate surface area is 115 Å². The summed E-state index contributed by atoms with van der Waals surface area (Å²) in [5, 5.41) is 14.6. The number of hydrogen-bond acceptors (Lipinski definition) is 5. The lowest BCUT2D eigenvalue weighted by atomic mass is 10.3. The van der Waals surface area contributed by atoms with E-state index >= 15 is 0 Å². The second-order valence-corrected chi connectivity index (χ2v) is 5.81. The van der Waals surface area contributed by atoms with E-state index in [2.05, 4.69) is 26.5 Å². The second-order valence-electron chi connectivity index (χ2n) is 3.32. The zero-order chi connectivity index (χ0) is 13.0. The van der Waals surface area contributed by atoms with Crippen molar-refractivity contribution in [1.82, 2.24) is 0 Å². The standard InChI is InChI=1S/C11H8BrN3O2S/c12-11-5-4-10(18-11)7-13-14-8-2-1-3-9(6-8)15(16)17/h1-7,14H/b13-7+. The number of nitro groups is 1. The smallest absolute Gasteiger partial charge is 0.271 e. The molecule has 1 aromatic heterocycles. The Bertz CT molecular complexity index is 597. The van der Waals surface area contributed by atoms with Crippen molar-refractivity contribution in [3.63, 3.8) is 0 Å². The zero-order valence-electron chi connectivity index (χ0n) is 9.04. The SMILES string of the molecule is O=[N+]([O-])c1cccc(N/N=C/c2ccc(Br)s2)c1. The van der Waals surface area contributed by atoms with Gasteiger partial charge in [-0.1, -0.05) is 6.07 Å². The molecule has 2 aromatic rings. The lowest BCUT2D eigenvalue weighted by molar-refractivity contribution is -0.384. The molecule has 0 aliphatic carbocycles. The van der Waals surface area contributed by atoms with Gasteiger partial charge in [0.2, 0.25) is 0 Å². The summed E-state index contributed by atoms with van der Waals surface area (Å²) in [6.07, 6.45) is 1.66. The summed E-state index contributed by atoms with van der Waals surface area (Å²) in [5.41, 5.74) is 3.37. The minimum atomic E-state index is -0.439. The maximum atomic E-state index is 10.6. The van der Waals surface area contributed by atoms with E-state index in [1.165, 1.54) is 12.1 Å². The van der Waals surface area contributed by atoms with Gasteiger partial charge in [0, 0.05) is 17.0 Å². The molecule has 0 saturated heterocycles. The molecule has 0 amide bonds. The maximum absolute atomic E-state index is 10.6. The van der Waals surface area contributed by atoms with Crippen molar-refractivity contribution in [1.29, 1.82) is 0 Å². The van der Waals surface area contributed by atoms with Crippen molar-refractivity contribution >= 4 is 44.9 Å². The van der Waals surface area contributed by atoms with Crippen LogP contribution in [0.1, 0.15) is 4.88 Å². The molecule has 0 bridgehead atoms. The van der Waals surface area contributed by atoms with E-state index < -0.39 is 4.92 Å². The highest BCUT2D eigenvalue weighted by atomic mass is 79.9. The molecule has 18 heavy (non-hydrogen) atoms. The molecule has 0 unspecified atom stereocenters. The number of nitrogens with one attached hydrogen (secondary N) is 1. The normalized spacial score (nSPS) is 10.7. The molecule has 0 aliphatic heterocycles. The monoisotopic (exact) mass is 325 g/mol. The van der Waals surface area contributed by atoms with Crippen LogP contribution in [0, 0.1) is 10.1 Å². The molecule has 0 saturated carbocycles. The van der Waals surface area contributed by atoms with Gasteiger partial charge in [0.05, 0.1) is 20.6 Å². The van der Waals surface area contributed by atoms with Gasteiger partial charge in [-0.15, -0.1) is 11.3 Å². The molecule has 0 spiro atoms. The Balaban J connectivity index is 2.04. The van der Waals surface area contributed by atoms with Crippen LogP contribution in [0.4, 0.5) is 11.4 Å². The van der Waals surface area contributed by atoms with Crippen molar-refractivity contribution in [3.05, 3.63) is 55.2 Å². The lowest BCUT2D eigenvalue weighted by Crippen LogP contribution is -1.92. The number of rotatable bonds is 4. The van der Waals surface area contributed by atoms with Crippen LogP contribution in [0.15, 0.2) is 45.3 Å². The summed E-state index contributed by atoms with van der Waals surface area (Å²) in [5.74, 6) is 0. The second kappa shape index (κ2) is 5.74. The van der Waals surface area contributed by atoms with Crippen LogP contribution in [0.2, 0.25) is 0 Å². The number of nitrogens with zero attached hydrogens (tertiary/aromatic N) is 2. The summed E-state index contributed by atoms with van der Waals surface area (Å²) in [6.45, 7) is 0. The Morgan fingerprint density at radius 2 is 2.22 bits per heavy atom. The van der Waals surface area contributed by atoms with Gasteiger partial charge in [-0.3, -0.25) is 15.5 Å². The van der Waals surface area contributed by atoms with E-state index in [9.17, 15) is 10.1 Å². The molecule has 0 aliphatic rings. The van der Waals surface area contributed by atoms with Crippen LogP contribution in [-0.4, -0.2) is 11.1 Å². The molecule has 1 heterocycles. The van der Waals surface area contributed by atoms with Crippen LogP contribution < -0.4 is 5.43 Å². The number of anilines is 1. The fraction of sp³-hybridized carbons (Fsp3) is 0. The number of nitro benzene ring substituents is 1. The highest BCUT2D eigenvalue weighted by molar-refractivity contribution is 9.11. The van der Waals surface area contributed by atoms with Gasteiger partial charge >= 0.3 is 0 Å². The lowest BCUT2D eigenvalue weighted by Gasteiger charge is -1.98. The molecule has 0 atom stereocenters. The van der Waals surface area contributed by atoms with Crippen molar-refractivity contribution in [2.75, 3.05) is 5.43 Å². The molecule has 0 fully saturated rings. The van der Waals surface area contributed by atoms with Crippen molar-refractivity contribution in [2.45, 2.75) is 0 Å². The molecular formula is C11H8BrN3O2S. The summed E-state index contributed by atoms with van der Waals surface area (Å²) >= 11 is 4.91. The molecule has 1 N–H and O–H groups in total. The van der Waals surface area contributed by atoms with Gasteiger partial charge < -0.3 is 0 Å². The Hall–Kier alpha value is -1.73. The molecular weight excluding hydrogens is 318 g/mol. The third-order valence-corrected chi connectivity index (χ3v) is 3.59. The molecule has 1 aromatic carbocycles. The summed E-state index contributed by atoms with van der Waals surface area (Å²) in [7, 11) is 0. The molecule has 7 heteroatoms. The van der Waals surface area contributed by atoms with Gasteiger partial charge in [0.15, 0.2) is 0 Å². The summed E-state index contributed by atoms with van der Waals surface area (Å²) < 4.78 is 1.03. The topological polar surface area (TPSA) is 67.5 Å². The van der Waals surface area contributed by atoms with E-state index in [0.29, 0.717) is 5.69 Å². The third kappa shape index (κ3) is 3.38. The van der Waals surface area contributed by atoms with E-state index in [4.69, 9.17) is 0 Å². The Morgan fingerprint density at radius 1 is 1.39 bits per heavy atom. The van der Waals surface area contributed by atoms with E-state index in [1.54, 1.807) is 29.7 Å². The van der Waals surface area contributed by atoms with Crippen LogP contribution in [0.5, 0.6) is 0 Å². The first-order valence-corrected chi connectivity index (χ1v) is 6.55. The molecule has 0 radical (unpaired) electrons. The number of halogens is 1. The first-order valence-electron chi connectivity index (χ1n) is 4.94. The quantitative estimate of drug-likeness (QED) is 0.527. The maximum Gasteiger partial charge on any atom is 0.271 e. The van der Waals surface area contributed by atoms with Gasteiger partial charge in [0.25, 0.3) is 5.69 Å². The van der Waals surface area contributed by atoms with Crippen molar-refractivity contribution < 1.29 is 4.92 Å². The molecule has 2 rings (SSSR count). The van der Waals surface area contributed by atoms with Gasteiger partial charge in [-0.25, -0.2) is 0 Å². The summed E-state index contributed by atoms with van der Waals surface area (Å²) in [6, 6.07) is 10.0. The van der Waals surface area contributed by atoms with Crippen molar-refractivity contribution in [2.24, 2.45) is 5.10 Å². The predicted octanol–water partition coefficient (Wildman–Crippen LogP) is 3.86. The average molecular weight is 326 g/mol. The van der Waals surface area contributed by atoms with E-state index in [0.717, 1.165) is 8.66 Å². The zero-order valence-corrected chi connectivity index (χ0v) is 11.4. The fourth-order valence-corrected chi connectivity index (χ4v) is 2.55. The van der Waals surface area contributed by atoms with E-state index in [1.807, 2.05) is 12.1 Å². The number of hydrazone groups is 1. The molecule has 92 valence electrons. The predicted molar refractivity (Wildman–Crippen MR) is 76.3 cm³/mol. The fourth-order valence-electron chi connectivity index (χ4n) is 1.26. The van der Waals surface area contributed by atoms with Gasteiger partial charge in [-0.2, -0.15) is 5.10 Å². The largest absolute Gasteiger partial charge is 0.278 e. The summed E-state index contributed by atoms with van der Waals surface area (Å²) in [4.78, 5) is 11.1. The highest BCUT2D eigenvalue weighted by Gasteiger charge is 2.04. The minimum Gasteiger partial charge on any atom is -0.278 e. The number of benzene rings is 1. The first kappa shape index (κ1) is 12.7. The molecule has 5 nitrogen and oxygen atoms in total. The first-order chi connectivity index (χ1) is 8.65. The number of thiophene rings is 1. The van der Waals surface area contributed by atoms with Crippen LogP contribution in [-0.2, 0) is 0 Å². The highest BCUT2D eigenvalue weighted by Crippen LogP contribution is 2.21. The van der Waals surface area contributed by atoms with Gasteiger partial charge in [-0.05, 0) is 34.1 Å².